The normalized spacial score (nSPS) is 12.8. The van der Waals surface area contributed by atoms with Crippen LogP contribution in [0.25, 0.3) is 0 Å². The van der Waals surface area contributed by atoms with E-state index >= 15 is 0 Å². The molecule has 0 aliphatic heterocycles. The Morgan fingerprint density at radius 2 is 2.12 bits per heavy atom. The van der Waals surface area contributed by atoms with Gasteiger partial charge >= 0.3 is 0 Å². The molecule has 1 atom stereocenters. The van der Waals surface area contributed by atoms with Gasteiger partial charge in [0.1, 0.15) is 0 Å². The van der Waals surface area contributed by atoms with Crippen LogP contribution in [0.3, 0.4) is 0 Å². The van der Waals surface area contributed by atoms with Gasteiger partial charge in [0.2, 0.25) is 5.91 Å². The summed E-state index contributed by atoms with van der Waals surface area (Å²) in [5, 5.41) is 12.1. The molecule has 6 nitrogen and oxygen atoms in total. The highest BCUT2D eigenvalue weighted by molar-refractivity contribution is 5.77. The Labute approximate surface area is 96.5 Å². The number of likely N-dealkylation sites (N-methyl/N-ethyl adjacent to an activating group) is 1. The maximum atomic E-state index is 11.3. The SMILES string of the molecule is COCCNC(=O)CN(C)CC(O)COC. The fraction of sp³-hybridized carbons (Fsp3) is 0.900. The van der Waals surface area contributed by atoms with Crippen molar-refractivity contribution in [3.63, 3.8) is 0 Å². The first-order valence-electron chi connectivity index (χ1n) is 5.21. The highest BCUT2D eigenvalue weighted by atomic mass is 16.5. The van der Waals surface area contributed by atoms with Crippen LogP contribution in [0.4, 0.5) is 0 Å². The van der Waals surface area contributed by atoms with Gasteiger partial charge in [0, 0.05) is 27.3 Å². The summed E-state index contributed by atoms with van der Waals surface area (Å²) < 4.78 is 9.60. The molecule has 0 spiro atoms. The number of aliphatic hydroxyl groups excluding tert-OH is 1. The van der Waals surface area contributed by atoms with Crippen LogP contribution in [0, 0.1) is 0 Å². The minimum Gasteiger partial charge on any atom is -0.389 e. The molecule has 96 valence electrons. The number of nitrogens with zero attached hydrogens (tertiary/aromatic N) is 1. The number of carbonyl (C=O) groups excluding carboxylic acids is 1. The molecule has 0 heterocycles. The van der Waals surface area contributed by atoms with E-state index in [4.69, 9.17) is 9.47 Å². The lowest BCUT2D eigenvalue weighted by atomic mass is 10.3. The summed E-state index contributed by atoms with van der Waals surface area (Å²) in [4.78, 5) is 13.1. The number of aliphatic hydroxyl groups is 1. The Kier molecular flexibility index (Phi) is 9.12. The van der Waals surface area contributed by atoms with Crippen molar-refractivity contribution in [1.29, 1.82) is 0 Å². The molecule has 0 fully saturated rings. The van der Waals surface area contributed by atoms with Crippen molar-refractivity contribution in [3.05, 3.63) is 0 Å². The maximum absolute atomic E-state index is 11.3. The summed E-state index contributed by atoms with van der Waals surface area (Å²) >= 11 is 0. The van der Waals surface area contributed by atoms with Gasteiger partial charge in [-0.05, 0) is 7.05 Å². The fourth-order valence-electron chi connectivity index (χ4n) is 1.26. The number of amides is 1. The van der Waals surface area contributed by atoms with Gasteiger partial charge in [-0.3, -0.25) is 9.69 Å². The van der Waals surface area contributed by atoms with E-state index in [0.29, 0.717) is 19.7 Å². The molecule has 0 saturated heterocycles. The number of nitrogens with one attached hydrogen (secondary N) is 1. The monoisotopic (exact) mass is 234 g/mol. The van der Waals surface area contributed by atoms with Crippen LogP contribution < -0.4 is 5.32 Å². The van der Waals surface area contributed by atoms with E-state index in [-0.39, 0.29) is 19.1 Å². The quantitative estimate of drug-likeness (QED) is 0.485. The van der Waals surface area contributed by atoms with Crippen molar-refractivity contribution in [3.8, 4) is 0 Å². The molecule has 0 aromatic rings. The van der Waals surface area contributed by atoms with Crippen molar-refractivity contribution >= 4 is 5.91 Å². The molecular formula is C10H22N2O4. The molecule has 0 aliphatic rings. The number of carbonyl (C=O) groups is 1. The van der Waals surface area contributed by atoms with E-state index in [1.165, 1.54) is 7.11 Å². The summed E-state index contributed by atoms with van der Waals surface area (Å²) in [6.45, 7) is 1.94. The number of ether oxygens (including phenoxy) is 2. The zero-order valence-electron chi connectivity index (χ0n) is 10.2. The number of hydrogen-bond donors (Lipinski definition) is 2. The van der Waals surface area contributed by atoms with E-state index in [9.17, 15) is 9.90 Å². The molecule has 0 aliphatic carbocycles. The lowest BCUT2D eigenvalue weighted by molar-refractivity contribution is -0.122. The molecule has 0 bridgehead atoms. The first-order chi connectivity index (χ1) is 7.60. The highest BCUT2D eigenvalue weighted by Crippen LogP contribution is 1.89. The molecule has 6 heteroatoms. The second-order valence-electron chi connectivity index (χ2n) is 3.65. The smallest absolute Gasteiger partial charge is 0.234 e. The molecule has 16 heavy (non-hydrogen) atoms. The van der Waals surface area contributed by atoms with Crippen molar-refractivity contribution in [2.24, 2.45) is 0 Å². The van der Waals surface area contributed by atoms with Crippen LogP contribution in [0.1, 0.15) is 0 Å². The van der Waals surface area contributed by atoms with Gasteiger partial charge in [0.15, 0.2) is 0 Å². The van der Waals surface area contributed by atoms with E-state index in [2.05, 4.69) is 5.32 Å². The van der Waals surface area contributed by atoms with Crippen LogP contribution in [-0.2, 0) is 14.3 Å². The first kappa shape index (κ1) is 15.3. The molecule has 1 unspecified atom stereocenters. The fourth-order valence-corrected chi connectivity index (χ4v) is 1.26. The zero-order valence-corrected chi connectivity index (χ0v) is 10.2. The Morgan fingerprint density at radius 1 is 1.44 bits per heavy atom. The van der Waals surface area contributed by atoms with Gasteiger partial charge in [-0.1, -0.05) is 0 Å². The summed E-state index contributed by atoms with van der Waals surface area (Å²) in [5.41, 5.74) is 0. The average molecular weight is 234 g/mol. The first-order valence-corrected chi connectivity index (χ1v) is 5.21. The van der Waals surface area contributed by atoms with Crippen LogP contribution in [-0.4, -0.2) is 76.1 Å². The van der Waals surface area contributed by atoms with Gasteiger partial charge in [-0.2, -0.15) is 0 Å². The molecule has 0 aromatic carbocycles. The lowest BCUT2D eigenvalue weighted by Crippen LogP contribution is -2.40. The second kappa shape index (κ2) is 9.53. The molecule has 0 saturated carbocycles. The molecule has 0 radical (unpaired) electrons. The van der Waals surface area contributed by atoms with E-state index in [1.54, 1.807) is 19.1 Å². The maximum Gasteiger partial charge on any atom is 0.234 e. The lowest BCUT2D eigenvalue weighted by Gasteiger charge is -2.19. The van der Waals surface area contributed by atoms with Crippen molar-refractivity contribution in [2.75, 3.05) is 54.1 Å². The minimum atomic E-state index is -0.568. The molecule has 0 rings (SSSR count). The minimum absolute atomic E-state index is 0.0795. The Hall–Kier alpha value is -0.690. The Morgan fingerprint density at radius 3 is 2.69 bits per heavy atom. The molecular weight excluding hydrogens is 212 g/mol. The summed E-state index contributed by atoms with van der Waals surface area (Å²) in [7, 11) is 4.88. The zero-order chi connectivity index (χ0) is 12.4. The van der Waals surface area contributed by atoms with E-state index < -0.39 is 6.10 Å². The summed E-state index contributed by atoms with van der Waals surface area (Å²) in [5.74, 6) is -0.0795. The number of methoxy groups -OCH3 is 2. The van der Waals surface area contributed by atoms with Gasteiger partial charge in [-0.15, -0.1) is 0 Å². The van der Waals surface area contributed by atoms with Gasteiger partial charge in [0.25, 0.3) is 0 Å². The number of rotatable bonds is 9. The van der Waals surface area contributed by atoms with Crippen molar-refractivity contribution in [2.45, 2.75) is 6.10 Å². The second-order valence-corrected chi connectivity index (χ2v) is 3.65. The van der Waals surface area contributed by atoms with Crippen molar-refractivity contribution in [1.82, 2.24) is 10.2 Å². The third-order valence-electron chi connectivity index (χ3n) is 1.92. The Balaban J connectivity index is 3.60. The average Bonchev–Trinajstić information content (AvgIpc) is 2.17. The summed E-state index contributed by atoms with van der Waals surface area (Å²) in [6.07, 6.45) is -0.568. The van der Waals surface area contributed by atoms with E-state index in [0.717, 1.165) is 0 Å². The van der Waals surface area contributed by atoms with E-state index in [1.807, 2.05) is 0 Å². The standard InChI is InChI=1S/C10H22N2O4/c1-12(6-9(13)8-16-3)7-10(14)11-4-5-15-2/h9,13H,4-8H2,1-3H3,(H,11,14). The third kappa shape index (κ3) is 8.60. The van der Waals surface area contributed by atoms with Gasteiger partial charge in [-0.25, -0.2) is 0 Å². The largest absolute Gasteiger partial charge is 0.389 e. The van der Waals surface area contributed by atoms with Crippen LogP contribution in [0.5, 0.6) is 0 Å². The van der Waals surface area contributed by atoms with Crippen molar-refractivity contribution < 1.29 is 19.4 Å². The van der Waals surface area contributed by atoms with Gasteiger partial charge < -0.3 is 19.9 Å². The predicted molar refractivity (Wildman–Crippen MR) is 60.3 cm³/mol. The van der Waals surface area contributed by atoms with Gasteiger partial charge in [0.05, 0.1) is 25.9 Å². The summed E-state index contributed by atoms with van der Waals surface area (Å²) in [6, 6.07) is 0. The number of hydrogen-bond acceptors (Lipinski definition) is 5. The molecule has 2 N–H and O–H groups in total. The molecule has 0 aromatic heterocycles. The topological polar surface area (TPSA) is 71.0 Å². The highest BCUT2D eigenvalue weighted by Gasteiger charge is 2.10. The third-order valence-corrected chi connectivity index (χ3v) is 1.92. The Bertz CT molecular complexity index is 190. The predicted octanol–water partition coefficient (Wildman–Crippen LogP) is -1.31. The van der Waals surface area contributed by atoms with Crippen LogP contribution >= 0.6 is 0 Å². The van der Waals surface area contributed by atoms with Crippen LogP contribution in [0.2, 0.25) is 0 Å². The van der Waals surface area contributed by atoms with Crippen LogP contribution in [0.15, 0.2) is 0 Å². The molecule has 1 amide bonds.